The molecule has 0 radical (unpaired) electrons. The van der Waals surface area contributed by atoms with Crippen LogP contribution in [0.3, 0.4) is 0 Å². The number of aromatic nitrogens is 1. The van der Waals surface area contributed by atoms with Crippen molar-refractivity contribution >= 4 is 33.2 Å². The Labute approximate surface area is 132 Å². The summed E-state index contributed by atoms with van der Waals surface area (Å²) in [5, 5.41) is 3.33. The Balaban J connectivity index is 1.63. The monoisotopic (exact) mass is 345 g/mol. The lowest BCUT2D eigenvalue weighted by molar-refractivity contribution is -0.117. The molecule has 1 amide bonds. The predicted molar refractivity (Wildman–Crippen MR) is 87.3 cm³/mol. The molecule has 1 saturated heterocycles. The highest BCUT2D eigenvalue weighted by Gasteiger charge is 2.21. The van der Waals surface area contributed by atoms with Gasteiger partial charge in [0, 0.05) is 24.3 Å². The van der Waals surface area contributed by atoms with Gasteiger partial charge in [-0.25, -0.2) is 4.98 Å². The first kappa shape index (κ1) is 14.1. The maximum atomic E-state index is 11.7. The number of halogens is 1. The molecule has 1 aromatic heterocycles. The van der Waals surface area contributed by atoms with Crippen LogP contribution in [0.4, 0.5) is 11.4 Å². The first-order valence-corrected chi connectivity index (χ1v) is 7.77. The van der Waals surface area contributed by atoms with E-state index in [1.165, 1.54) is 0 Å². The van der Waals surface area contributed by atoms with Crippen molar-refractivity contribution in [2.24, 2.45) is 0 Å². The van der Waals surface area contributed by atoms with E-state index < -0.39 is 0 Å². The third-order valence-corrected chi connectivity index (χ3v) is 3.94. The summed E-state index contributed by atoms with van der Waals surface area (Å²) < 4.78 is 0.838. The van der Waals surface area contributed by atoms with Gasteiger partial charge in [-0.3, -0.25) is 4.79 Å². The lowest BCUT2D eigenvalue weighted by Gasteiger charge is -2.16. The van der Waals surface area contributed by atoms with Crippen molar-refractivity contribution in [2.75, 3.05) is 16.8 Å². The van der Waals surface area contributed by atoms with Gasteiger partial charge in [-0.1, -0.05) is 6.07 Å². The summed E-state index contributed by atoms with van der Waals surface area (Å²) in [5.41, 5.74) is 2.97. The molecule has 0 unspecified atom stereocenters. The molecule has 0 atom stereocenters. The van der Waals surface area contributed by atoms with Gasteiger partial charge in [0.15, 0.2) is 0 Å². The van der Waals surface area contributed by atoms with Crippen LogP contribution in [0.2, 0.25) is 0 Å². The molecule has 1 fully saturated rings. The Morgan fingerprint density at radius 3 is 2.67 bits per heavy atom. The number of carbonyl (C=O) groups is 1. The van der Waals surface area contributed by atoms with Crippen molar-refractivity contribution in [2.45, 2.75) is 19.4 Å². The van der Waals surface area contributed by atoms with Crippen LogP contribution in [0.25, 0.3) is 0 Å². The molecule has 0 aliphatic carbocycles. The number of hydrogen-bond donors (Lipinski definition) is 1. The van der Waals surface area contributed by atoms with Gasteiger partial charge in [-0.15, -0.1) is 0 Å². The average Bonchev–Trinajstić information content (AvgIpc) is 2.92. The third-order valence-electron chi connectivity index (χ3n) is 3.50. The van der Waals surface area contributed by atoms with Crippen LogP contribution < -0.4 is 10.2 Å². The van der Waals surface area contributed by atoms with E-state index in [-0.39, 0.29) is 5.91 Å². The van der Waals surface area contributed by atoms with Gasteiger partial charge < -0.3 is 10.2 Å². The van der Waals surface area contributed by atoms with Crippen LogP contribution >= 0.6 is 15.9 Å². The van der Waals surface area contributed by atoms with Gasteiger partial charge >= 0.3 is 0 Å². The zero-order chi connectivity index (χ0) is 14.7. The number of amides is 1. The minimum atomic E-state index is 0.217. The summed E-state index contributed by atoms with van der Waals surface area (Å²) in [6.45, 7) is 1.50. The fourth-order valence-electron chi connectivity index (χ4n) is 2.42. The molecule has 2 aromatic rings. The van der Waals surface area contributed by atoms with Gasteiger partial charge in [0.1, 0.15) is 4.60 Å². The van der Waals surface area contributed by atoms with E-state index in [4.69, 9.17) is 0 Å². The van der Waals surface area contributed by atoms with E-state index >= 15 is 0 Å². The molecule has 1 aliphatic rings. The largest absolute Gasteiger partial charge is 0.379 e. The molecule has 0 spiro atoms. The molecule has 0 saturated carbocycles. The van der Waals surface area contributed by atoms with E-state index in [0.717, 1.165) is 34.6 Å². The number of nitrogens with one attached hydrogen (secondary N) is 1. The summed E-state index contributed by atoms with van der Waals surface area (Å²) in [4.78, 5) is 17.9. The first-order valence-electron chi connectivity index (χ1n) is 6.98. The van der Waals surface area contributed by atoms with Crippen molar-refractivity contribution in [3.63, 3.8) is 0 Å². The third kappa shape index (κ3) is 3.42. The second-order valence-corrected chi connectivity index (χ2v) is 5.81. The van der Waals surface area contributed by atoms with Crippen LogP contribution in [0.5, 0.6) is 0 Å². The molecule has 1 N–H and O–H groups in total. The van der Waals surface area contributed by atoms with E-state index in [9.17, 15) is 4.79 Å². The highest BCUT2D eigenvalue weighted by molar-refractivity contribution is 9.10. The van der Waals surface area contributed by atoms with E-state index in [1.807, 2.05) is 47.4 Å². The minimum absolute atomic E-state index is 0.217. The average molecular weight is 346 g/mol. The van der Waals surface area contributed by atoms with Crippen LogP contribution in [-0.2, 0) is 11.3 Å². The minimum Gasteiger partial charge on any atom is -0.379 e. The zero-order valence-corrected chi connectivity index (χ0v) is 13.1. The Bertz CT molecular complexity index is 642. The van der Waals surface area contributed by atoms with E-state index in [0.29, 0.717) is 13.0 Å². The number of nitrogens with zero attached hydrogens (tertiary/aromatic N) is 2. The van der Waals surface area contributed by atoms with Gasteiger partial charge in [-0.05, 0) is 58.7 Å². The number of benzene rings is 1. The van der Waals surface area contributed by atoms with E-state index in [1.54, 1.807) is 0 Å². The van der Waals surface area contributed by atoms with Crippen LogP contribution in [0.1, 0.15) is 18.5 Å². The van der Waals surface area contributed by atoms with Gasteiger partial charge in [0.25, 0.3) is 0 Å². The molecule has 1 aliphatic heterocycles. The Morgan fingerprint density at radius 2 is 2.00 bits per heavy atom. The first-order chi connectivity index (χ1) is 10.2. The van der Waals surface area contributed by atoms with Crippen LogP contribution in [0.15, 0.2) is 47.1 Å². The topological polar surface area (TPSA) is 45.2 Å². The van der Waals surface area contributed by atoms with Crippen LogP contribution in [-0.4, -0.2) is 17.4 Å². The standard InChI is InChI=1S/C16H16BrN3O/c17-15-4-1-3-13(19-15)11-18-12-6-8-14(9-7-12)20-10-2-5-16(20)21/h1,3-4,6-9,18H,2,5,10-11H2. The molecule has 5 heteroatoms. The fourth-order valence-corrected chi connectivity index (χ4v) is 2.80. The molecule has 3 rings (SSSR count). The van der Waals surface area contributed by atoms with E-state index in [2.05, 4.69) is 26.2 Å². The predicted octanol–water partition coefficient (Wildman–Crippen LogP) is 3.58. The van der Waals surface area contributed by atoms with Crippen molar-refractivity contribution in [1.29, 1.82) is 0 Å². The van der Waals surface area contributed by atoms with Crippen molar-refractivity contribution < 1.29 is 4.79 Å². The molecule has 21 heavy (non-hydrogen) atoms. The highest BCUT2D eigenvalue weighted by atomic mass is 79.9. The molecule has 2 heterocycles. The summed E-state index contributed by atoms with van der Waals surface area (Å²) in [5.74, 6) is 0.217. The Kier molecular flexibility index (Phi) is 4.20. The maximum absolute atomic E-state index is 11.7. The zero-order valence-electron chi connectivity index (χ0n) is 11.6. The number of rotatable bonds is 4. The summed E-state index contributed by atoms with van der Waals surface area (Å²) >= 11 is 3.36. The number of anilines is 2. The van der Waals surface area contributed by atoms with Crippen molar-refractivity contribution in [1.82, 2.24) is 4.98 Å². The molecule has 1 aromatic carbocycles. The lowest BCUT2D eigenvalue weighted by atomic mass is 10.2. The second-order valence-electron chi connectivity index (χ2n) is 5.00. The quantitative estimate of drug-likeness (QED) is 0.861. The molecule has 4 nitrogen and oxygen atoms in total. The fraction of sp³-hybridized carbons (Fsp3) is 0.250. The van der Waals surface area contributed by atoms with Crippen molar-refractivity contribution in [3.8, 4) is 0 Å². The molecular formula is C16H16BrN3O. The molecule has 108 valence electrons. The van der Waals surface area contributed by atoms with Crippen LogP contribution in [0, 0.1) is 0 Å². The number of carbonyl (C=O) groups excluding carboxylic acids is 1. The summed E-state index contributed by atoms with van der Waals surface area (Å²) in [6.07, 6.45) is 1.61. The van der Waals surface area contributed by atoms with Gasteiger partial charge in [0.2, 0.25) is 5.91 Å². The summed E-state index contributed by atoms with van der Waals surface area (Å²) in [7, 11) is 0. The van der Waals surface area contributed by atoms with Gasteiger partial charge in [0.05, 0.1) is 12.2 Å². The molecule has 0 bridgehead atoms. The second kappa shape index (κ2) is 6.26. The highest BCUT2D eigenvalue weighted by Crippen LogP contribution is 2.23. The van der Waals surface area contributed by atoms with Gasteiger partial charge in [-0.2, -0.15) is 0 Å². The SMILES string of the molecule is O=C1CCCN1c1ccc(NCc2cccc(Br)n2)cc1. The lowest BCUT2D eigenvalue weighted by Crippen LogP contribution is -2.23. The number of hydrogen-bond acceptors (Lipinski definition) is 3. The maximum Gasteiger partial charge on any atom is 0.227 e. The molecular weight excluding hydrogens is 330 g/mol. The summed E-state index contributed by atoms with van der Waals surface area (Å²) in [6, 6.07) is 13.8. The normalized spacial score (nSPS) is 14.5. The Hall–Kier alpha value is -1.88. The Morgan fingerprint density at radius 1 is 1.19 bits per heavy atom. The smallest absolute Gasteiger partial charge is 0.227 e. The number of pyridine rings is 1. The van der Waals surface area contributed by atoms with Crippen molar-refractivity contribution in [3.05, 3.63) is 52.8 Å².